The normalized spacial score (nSPS) is 24.2. The molecule has 0 spiro atoms. The number of ether oxygens (including phenoxy) is 1. The number of rotatable bonds is 2. The molecule has 0 unspecified atom stereocenters. The Bertz CT molecular complexity index is 904. The van der Waals surface area contributed by atoms with Crippen LogP contribution in [0.4, 0.5) is 4.79 Å². The largest absolute Gasteiger partial charge is 0.442 e. The van der Waals surface area contributed by atoms with Gasteiger partial charge in [-0.05, 0) is 33.8 Å². The predicted octanol–water partition coefficient (Wildman–Crippen LogP) is 2.58. The molecule has 9 nitrogen and oxygen atoms in total. The first-order valence-corrected chi connectivity index (χ1v) is 10.6. The van der Waals surface area contributed by atoms with Gasteiger partial charge < -0.3 is 15.3 Å². The molecule has 1 aliphatic heterocycles. The van der Waals surface area contributed by atoms with Crippen LogP contribution in [-0.2, 0) is 20.3 Å². The van der Waals surface area contributed by atoms with E-state index in [0.29, 0.717) is 14.8 Å². The van der Waals surface area contributed by atoms with Crippen LogP contribution in [0.25, 0.3) is 0 Å². The molecule has 12 heteroatoms. The summed E-state index contributed by atoms with van der Waals surface area (Å²) in [6.45, 7) is 6.68. The molecule has 1 saturated heterocycles. The molecule has 1 aliphatic rings. The van der Waals surface area contributed by atoms with E-state index in [-0.39, 0.29) is 11.7 Å². The first-order chi connectivity index (χ1) is 12.3. The highest BCUT2D eigenvalue weighted by atomic mass is 35.5. The summed E-state index contributed by atoms with van der Waals surface area (Å²) in [6, 6.07) is 1.56. The fourth-order valence-electron chi connectivity index (χ4n) is 2.43. The quantitative estimate of drug-likeness (QED) is 0.417. The van der Waals surface area contributed by atoms with Crippen molar-refractivity contribution in [3.63, 3.8) is 0 Å². The molecule has 1 fully saturated rings. The molecule has 0 aromatic carbocycles. The topological polar surface area (TPSA) is 121 Å². The van der Waals surface area contributed by atoms with Gasteiger partial charge in [-0.15, -0.1) is 16.3 Å². The molecule has 0 radical (unpaired) electrons. The highest BCUT2D eigenvalue weighted by molar-refractivity contribution is 7.89. The van der Waals surface area contributed by atoms with E-state index in [4.69, 9.17) is 21.5 Å². The highest BCUT2D eigenvalue weighted by Crippen LogP contribution is 2.38. The van der Waals surface area contributed by atoms with Crippen LogP contribution in [0.5, 0.6) is 0 Å². The van der Waals surface area contributed by atoms with Crippen LogP contribution >= 0.6 is 22.9 Å². The van der Waals surface area contributed by atoms with Crippen molar-refractivity contribution < 1.29 is 23.2 Å². The lowest BCUT2D eigenvalue weighted by Gasteiger charge is -2.39. The van der Waals surface area contributed by atoms with Crippen molar-refractivity contribution in [1.29, 1.82) is 0 Å². The molecule has 0 aliphatic carbocycles. The number of carbonyl (C=O) groups excluding carboxylic acids is 1. The lowest BCUT2D eigenvalue weighted by Crippen LogP contribution is -2.61. The number of sulfonamides is 1. The maximum atomic E-state index is 12.6. The van der Waals surface area contributed by atoms with E-state index in [1.54, 1.807) is 33.8 Å². The third kappa shape index (κ3) is 4.90. The summed E-state index contributed by atoms with van der Waals surface area (Å²) >= 11 is 7.43. The van der Waals surface area contributed by atoms with Gasteiger partial charge in [0.05, 0.1) is 32.3 Å². The van der Waals surface area contributed by atoms with Crippen LogP contribution in [0.1, 0.15) is 37.4 Å². The molecule has 1 atom stereocenters. The standard InChI is InChI=1S/C15H21ClN4O5S2/c1-14(2,3)25-13(21)18-12-19-15(4,8-27(23,24)20(12)5)11-10(16)6-9(26-11)7-17-22/h6-7,22H,8H2,1-5H3,(H,18,19,21)/b17-7+/t15-/m0/s1. The second kappa shape index (κ2) is 7.28. The minimum Gasteiger partial charge on any atom is -0.442 e. The first-order valence-electron chi connectivity index (χ1n) is 7.81. The number of thiophene rings is 1. The number of nitrogens with zero attached hydrogens (tertiary/aromatic N) is 3. The summed E-state index contributed by atoms with van der Waals surface area (Å²) in [4.78, 5) is 16.9. The van der Waals surface area contributed by atoms with Crippen LogP contribution in [-0.4, -0.2) is 54.6 Å². The van der Waals surface area contributed by atoms with Gasteiger partial charge in [-0.3, -0.25) is 0 Å². The Morgan fingerprint density at radius 3 is 2.70 bits per heavy atom. The third-order valence-corrected chi connectivity index (χ3v) is 7.25. The zero-order valence-corrected chi connectivity index (χ0v) is 17.9. The lowest BCUT2D eigenvalue weighted by molar-refractivity contribution is 0.0602. The summed E-state index contributed by atoms with van der Waals surface area (Å²) < 4.78 is 31.3. The van der Waals surface area contributed by atoms with E-state index < -0.39 is 27.3 Å². The van der Waals surface area contributed by atoms with E-state index in [9.17, 15) is 13.2 Å². The summed E-state index contributed by atoms with van der Waals surface area (Å²) in [5.74, 6) is -0.473. The molecule has 0 saturated carbocycles. The molecular formula is C15H21ClN4O5S2. The molecule has 1 aromatic heterocycles. The van der Waals surface area contributed by atoms with Crippen molar-refractivity contribution in [3.8, 4) is 0 Å². The number of halogens is 1. The van der Waals surface area contributed by atoms with Crippen LogP contribution in [0.15, 0.2) is 16.2 Å². The average Bonchev–Trinajstić information content (AvgIpc) is 2.84. The van der Waals surface area contributed by atoms with Gasteiger partial charge in [-0.1, -0.05) is 16.8 Å². The van der Waals surface area contributed by atoms with E-state index >= 15 is 0 Å². The van der Waals surface area contributed by atoms with Gasteiger partial charge in [-0.2, -0.15) is 0 Å². The summed E-state index contributed by atoms with van der Waals surface area (Å²) in [5, 5.41) is 14.9. The van der Waals surface area contributed by atoms with Gasteiger partial charge in [0.1, 0.15) is 5.60 Å². The van der Waals surface area contributed by atoms with Gasteiger partial charge in [0.25, 0.3) is 0 Å². The van der Waals surface area contributed by atoms with Gasteiger partial charge in [0.15, 0.2) is 0 Å². The molecule has 1 aromatic rings. The fraction of sp³-hybridized carbons (Fsp3) is 0.533. The van der Waals surface area contributed by atoms with Crippen LogP contribution in [0, 0.1) is 0 Å². The number of hydrogen-bond donors (Lipinski definition) is 2. The van der Waals surface area contributed by atoms with Crippen LogP contribution in [0.3, 0.4) is 0 Å². The minimum absolute atomic E-state index is 0.167. The Morgan fingerprint density at radius 2 is 2.15 bits per heavy atom. The maximum absolute atomic E-state index is 12.6. The molecular weight excluding hydrogens is 416 g/mol. The average molecular weight is 437 g/mol. The second-order valence-corrected chi connectivity index (χ2v) is 10.7. The number of nitrogens with one attached hydrogen (secondary N) is 1. The monoisotopic (exact) mass is 436 g/mol. The summed E-state index contributed by atoms with van der Waals surface area (Å²) in [7, 11) is -2.48. The maximum Gasteiger partial charge on any atom is 0.437 e. The minimum atomic E-state index is -3.78. The van der Waals surface area contributed by atoms with Crippen molar-refractivity contribution in [1.82, 2.24) is 9.62 Å². The van der Waals surface area contributed by atoms with Crippen molar-refractivity contribution in [2.75, 3.05) is 12.8 Å². The van der Waals surface area contributed by atoms with Crippen molar-refractivity contribution in [3.05, 3.63) is 20.8 Å². The van der Waals surface area contributed by atoms with E-state index in [0.717, 1.165) is 15.6 Å². The predicted molar refractivity (Wildman–Crippen MR) is 104 cm³/mol. The number of hydrogen-bond acceptors (Lipinski definition) is 7. The Labute approximate surface area is 166 Å². The molecule has 2 heterocycles. The number of guanidine groups is 1. The first kappa shape index (κ1) is 21.5. The van der Waals surface area contributed by atoms with E-state index in [1.165, 1.54) is 13.3 Å². The van der Waals surface area contributed by atoms with E-state index in [2.05, 4.69) is 15.5 Å². The van der Waals surface area contributed by atoms with Crippen molar-refractivity contribution in [2.24, 2.45) is 10.1 Å². The summed E-state index contributed by atoms with van der Waals surface area (Å²) in [6.07, 6.45) is 0.282. The zero-order valence-electron chi connectivity index (χ0n) is 15.5. The lowest BCUT2D eigenvalue weighted by atomic mass is 10.0. The van der Waals surface area contributed by atoms with Crippen LogP contribution < -0.4 is 5.32 Å². The Balaban J connectivity index is 2.46. The molecule has 27 heavy (non-hydrogen) atoms. The SMILES string of the molecule is CN1/C(=N/C(=O)OC(C)(C)C)N[C@](C)(c2sc(/C=N/O)cc2Cl)CS1(=O)=O. The Morgan fingerprint density at radius 1 is 1.52 bits per heavy atom. The molecule has 2 rings (SSSR count). The summed E-state index contributed by atoms with van der Waals surface area (Å²) in [5.41, 5.74) is -1.92. The smallest absolute Gasteiger partial charge is 0.437 e. The number of amides is 1. The van der Waals surface area contributed by atoms with Gasteiger partial charge in [-0.25, -0.2) is 17.5 Å². The molecule has 0 bridgehead atoms. The van der Waals surface area contributed by atoms with E-state index in [1.807, 2.05) is 0 Å². The van der Waals surface area contributed by atoms with Crippen molar-refractivity contribution in [2.45, 2.75) is 38.8 Å². The Kier molecular flexibility index (Phi) is 5.79. The third-order valence-electron chi connectivity index (χ3n) is 3.56. The number of aliphatic imine (C=N–C) groups is 1. The second-order valence-electron chi connectivity index (χ2n) is 7.17. The molecule has 2 N–H and O–H groups in total. The molecule has 150 valence electrons. The number of carbonyl (C=O) groups is 1. The molecule has 1 amide bonds. The van der Waals surface area contributed by atoms with Gasteiger partial charge in [0.2, 0.25) is 16.0 Å². The fourth-order valence-corrected chi connectivity index (χ4v) is 5.53. The zero-order chi connectivity index (χ0) is 20.6. The highest BCUT2D eigenvalue weighted by Gasteiger charge is 2.44. The van der Waals surface area contributed by atoms with Crippen molar-refractivity contribution >= 4 is 51.2 Å². The van der Waals surface area contributed by atoms with Gasteiger partial charge in [0, 0.05) is 7.05 Å². The Hall–Kier alpha value is -1.85. The number of oxime groups is 1. The van der Waals surface area contributed by atoms with Gasteiger partial charge >= 0.3 is 6.09 Å². The van der Waals surface area contributed by atoms with Crippen LogP contribution in [0.2, 0.25) is 5.02 Å².